The molecule has 0 spiro atoms. The van der Waals surface area contributed by atoms with E-state index in [1.807, 2.05) is 42.5 Å². The topological polar surface area (TPSA) is 52.2 Å². The van der Waals surface area contributed by atoms with Crippen LogP contribution in [0.2, 0.25) is 5.02 Å². The van der Waals surface area contributed by atoms with Crippen molar-refractivity contribution in [2.24, 2.45) is 0 Å². The van der Waals surface area contributed by atoms with Crippen LogP contribution in [0.25, 0.3) is 27.9 Å². The molecule has 3 heterocycles. The predicted molar refractivity (Wildman–Crippen MR) is 133 cm³/mol. The number of fused-ring (bicyclic) bond motifs is 1. The fourth-order valence-electron chi connectivity index (χ4n) is 4.10. The molecule has 5 rings (SSSR count). The summed E-state index contributed by atoms with van der Waals surface area (Å²) in [5.74, 6) is 0. The number of nitrogens with zero attached hydrogens (tertiary/aromatic N) is 4. The van der Waals surface area contributed by atoms with Crippen molar-refractivity contribution in [3.63, 3.8) is 0 Å². The van der Waals surface area contributed by atoms with E-state index in [4.69, 9.17) is 11.6 Å². The zero-order valence-corrected chi connectivity index (χ0v) is 19.9. The predicted octanol–water partition coefficient (Wildman–Crippen LogP) is 6.51. The van der Waals surface area contributed by atoms with Gasteiger partial charge in [-0.05, 0) is 58.5 Å². The number of alkyl halides is 3. The number of rotatable bonds is 5. The molecule has 0 saturated carbocycles. The van der Waals surface area contributed by atoms with Gasteiger partial charge in [0.15, 0.2) is 5.65 Å². The van der Waals surface area contributed by atoms with Crippen molar-refractivity contribution < 1.29 is 13.2 Å². The Morgan fingerprint density at radius 3 is 2.17 bits per heavy atom. The molecule has 0 aliphatic carbocycles. The van der Waals surface area contributed by atoms with Gasteiger partial charge in [0.2, 0.25) is 0 Å². The number of benzene rings is 2. The van der Waals surface area contributed by atoms with Gasteiger partial charge in [0.05, 0.1) is 6.54 Å². The summed E-state index contributed by atoms with van der Waals surface area (Å²) in [6.07, 6.45) is -0.870. The fraction of sp³-hybridized carbons (Fsp3) is 0.148. The summed E-state index contributed by atoms with van der Waals surface area (Å²) in [5.41, 5.74) is 4.09. The molecule has 0 bridgehead atoms. The van der Waals surface area contributed by atoms with E-state index < -0.39 is 17.6 Å². The second-order valence-electron chi connectivity index (χ2n) is 8.35. The standard InChI is InChI=1S/C27H20ClF3N4O/c1-2-17-3-6-20(7-4-17)24-22(19-8-10-21(28)11-9-19)13-14-34-25(24)33-35(26(34)36)16-18-5-12-23(32-15-18)27(29,30)31/h3-15H,2,16H2,1H3. The number of pyridine rings is 2. The van der Waals surface area contributed by atoms with E-state index in [2.05, 4.69) is 17.0 Å². The molecule has 5 aromatic rings. The van der Waals surface area contributed by atoms with Gasteiger partial charge < -0.3 is 0 Å². The second-order valence-corrected chi connectivity index (χ2v) is 8.78. The van der Waals surface area contributed by atoms with E-state index in [0.29, 0.717) is 16.2 Å². The summed E-state index contributed by atoms with van der Waals surface area (Å²) in [5, 5.41) is 5.20. The summed E-state index contributed by atoms with van der Waals surface area (Å²) >= 11 is 6.09. The Morgan fingerprint density at radius 2 is 1.56 bits per heavy atom. The molecule has 0 saturated heterocycles. The van der Waals surface area contributed by atoms with Gasteiger partial charge in [-0.1, -0.05) is 61.0 Å². The summed E-state index contributed by atoms with van der Waals surface area (Å²) < 4.78 is 41.3. The van der Waals surface area contributed by atoms with E-state index >= 15 is 0 Å². The van der Waals surface area contributed by atoms with E-state index in [1.54, 1.807) is 18.3 Å². The van der Waals surface area contributed by atoms with E-state index in [-0.39, 0.29) is 6.54 Å². The van der Waals surface area contributed by atoms with Crippen molar-refractivity contribution in [1.29, 1.82) is 0 Å². The molecule has 0 radical (unpaired) electrons. The Morgan fingerprint density at radius 1 is 0.889 bits per heavy atom. The lowest BCUT2D eigenvalue weighted by molar-refractivity contribution is -0.141. The third-order valence-electron chi connectivity index (χ3n) is 6.01. The van der Waals surface area contributed by atoms with Gasteiger partial charge in [-0.25, -0.2) is 13.9 Å². The third kappa shape index (κ3) is 4.52. The van der Waals surface area contributed by atoms with Crippen LogP contribution in [-0.2, 0) is 19.1 Å². The molecule has 2 aromatic carbocycles. The Kier molecular flexibility index (Phi) is 6.14. The Labute approximate surface area is 209 Å². The first-order chi connectivity index (χ1) is 17.2. The van der Waals surface area contributed by atoms with Crippen molar-refractivity contribution in [3.05, 3.63) is 111 Å². The molecule has 0 aliphatic rings. The van der Waals surface area contributed by atoms with Crippen LogP contribution in [-0.4, -0.2) is 19.2 Å². The molecule has 0 unspecified atom stereocenters. The highest BCUT2D eigenvalue weighted by Crippen LogP contribution is 2.35. The van der Waals surface area contributed by atoms with Gasteiger partial charge in [-0.15, -0.1) is 5.10 Å². The summed E-state index contributed by atoms with van der Waals surface area (Å²) in [7, 11) is 0. The van der Waals surface area contributed by atoms with Crippen molar-refractivity contribution in [2.45, 2.75) is 26.1 Å². The molecule has 0 aliphatic heterocycles. The van der Waals surface area contributed by atoms with Crippen molar-refractivity contribution >= 4 is 17.2 Å². The monoisotopic (exact) mass is 508 g/mol. The lowest BCUT2D eigenvalue weighted by Crippen LogP contribution is -2.21. The van der Waals surface area contributed by atoms with Gasteiger partial charge >= 0.3 is 11.9 Å². The maximum Gasteiger partial charge on any atom is 0.433 e. The van der Waals surface area contributed by atoms with Crippen LogP contribution >= 0.6 is 11.6 Å². The summed E-state index contributed by atoms with van der Waals surface area (Å²) in [4.78, 5) is 16.7. The van der Waals surface area contributed by atoms with Crippen LogP contribution in [0.3, 0.4) is 0 Å². The molecular weight excluding hydrogens is 489 g/mol. The maximum atomic E-state index is 13.2. The molecule has 0 N–H and O–H groups in total. The molecule has 0 fully saturated rings. The number of halogens is 4. The largest absolute Gasteiger partial charge is 0.433 e. The zero-order valence-electron chi connectivity index (χ0n) is 19.1. The second kappa shape index (κ2) is 9.28. The van der Waals surface area contributed by atoms with E-state index in [9.17, 15) is 18.0 Å². The van der Waals surface area contributed by atoms with Crippen LogP contribution in [0.5, 0.6) is 0 Å². The molecule has 9 heteroatoms. The average Bonchev–Trinajstić information content (AvgIpc) is 3.19. The lowest BCUT2D eigenvalue weighted by Gasteiger charge is -2.12. The highest BCUT2D eigenvalue weighted by molar-refractivity contribution is 6.30. The molecular formula is C27H20ClF3N4O. The first-order valence-electron chi connectivity index (χ1n) is 11.2. The zero-order chi connectivity index (χ0) is 25.4. The minimum Gasteiger partial charge on any atom is -0.251 e. The maximum absolute atomic E-state index is 13.2. The average molecular weight is 509 g/mol. The van der Waals surface area contributed by atoms with Gasteiger partial charge in [-0.3, -0.25) is 4.98 Å². The summed E-state index contributed by atoms with van der Waals surface area (Å²) in [6.45, 7) is 2.06. The van der Waals surface area contributed by atoms with Crippen LogP contribution in [0.1, 0.15) is 23.7 Å². The van der Waals surface area contributed by atoms with Gasteiger partial charge in [0, 0.05) is 23.0 Å². The van der Waals surface area contributed by atoms with Crippen LogP contribution in [0.4, 0.5) is 13.2 Å². The Bertz CT molecular complexity index is 1590. The van der Waals surface area contributed by atoms with Gasteiger partial charge in [0.25, 0.3) is 0 Å². The first-order valence-corrected chi connectivity index (χ1v) is 11.6. The van der Waals surface area contributed by atoms with Crippen LogP contribution in [0.15, 0.2) is 83.9 Å². The first kappa shape index (κ1) is 23.8. The Balaban J connectivity index is 1.65. The van der Waals surface area contributed by atoms with Gasteiger partial charge in [0.1, 0.15) is 5.69 Å². The SMILES string of the molecule is CCc1ccc(-c2c(-c3ccc(Cl)cc3)ccn3c(=O)n(Cc4ccc(C(F)(F)F)nc4)nc23)cc1. The smallest absolute Gasteiger partial charge is 0.251 e. The lowest BCUT2D eigenvalue weighted by atomic mass is 9.95. The molecule has 36 heavy (non-hydrogen) atoms. The highest BCUT2D eigenvalue weighted by atomic mass is 35.5. The van der Waals surface area contributed by atoms with Gasteiger partial charge in [-0.2, -0.15) is 13.2 Å². The number of aryl methyl sites for hydroxylation is 1. The normalized spacial score (nSPS) is 11.8. The molecule has 182 valence electrons. The third-order valence-corrected chi connectivity index (χ3v) is 6.26. The number of hydrogen-bond donors (Lipinski definition) is 0. The Hall–Kier alpha value is -3.91. The van der Waals surface area contributed by atoms with Crippen molar-refractivity contribution in [3.8, 4) is 22.3 Å². The quantitative estimate of drug-likeness (QED) is 0.272. The molecule has 5 nitrogen and oxygen atoms in total. The van der Waals surface area contributed by atoms with Crippen molar-refractivity contribution in [2.75, 3.05) is 0 Å². The molecule has 0 amide bonds. The number of aromatic nitrogens is 4. The van der Waals surface area contributed by atoms with Crippen molar-refractivity contribution in [1.82, 2.24) is 19.2 Å². The fourth-order valence-corrected chi connectivity index (χ4v) is 4.23. The van der Waals surface area contributed by atoms with E-state index in [1.165, 1.54) is 20.7 Å². The minimum absolute atomic E-state index is 0.0177. The minimum atomic E-state index is -4.53. The molecule has 3 aromatic heterocycles. The van der Waals surface area contributed by atoms with Crippen LogP contribution in [0, 0.1) is 0 Å². The summed E-state index contributed by atoms with van der Waals surface area (Å²) in [6, 6.07) is 19.5. The number of hydrogen-bond acceptors (Lipinski definition) is 3. The van der Waals surface area contributed by atoms with Crippen LogP contribution < -0.4 is 5.69 Å². The van der Waals surface area contributed by atoms with E-state index in [0.717, 1.165) is 40.9 Å². The molecule has 0 atom stereocenters. The highest BCUT2D eigenvalue weighted by Gasteiger charge is 2.32.